The van der Waals surface area contributed by atoms with E-state index in [1.165, 1.54) is 0 Å². The molecule has 0 unspecified atom stereocenters. The summed E-state index contributed by atoms with van der Waals surface area (Å²) in [6, 6.07) is 10.3. The van der Waals surface area contributed by atoms with Crippen LogP contribution < -0.4 is 4.90 Å². The number of nitrogens with zero attached hydrogens (tertiary/aromatic N) is 1. The van der Waals surface area contributed by atoms with Crippen LogP contribution in [0.5, 0.6) is 0 Å². The van der Waals surface area contributed by atoms with Crippen LogP contribution >= 0.6 is 12.2 Å². The smallest absolute Gasteiger partial charge is 0.0797 e. The zero-order chi connectivity index (χ0) is 10.8. The molecule has 0 aliphatic heterocycles. The molecule has 0 aromatic heterocycles. The summed E-state index contributed by atoms with van der Waals surface area (Å²) in [4.78, 5) is 3.08. The van der Waals surface area contributed by atoms with Crippen molar-refractivity contribution in [2.45, 2.75) is 33.2 Å². The summed E-state index contributed by atoms with van der Waals surface area (Å²) in [5, 5.41) is 0. The lowest BCUT2D eigenvalue weighted by atomic mass is 10.0. The highest BCUT2D eigenvalue weighted by Gasteiger charge is 2.22. The van der Waals surface area contributed by atoms with E-state index in [0.717, 1.165) is 10.7 Å². The number of benzene rings is 1. The molecule has 1 nitrogen and oxygen atoms in total. The topological polar surface area (TPSA) is 3.24 Å². The number of rotatable bonds is 1. The van der Waals surface area contributed by atoms with Gasteiger partial charge in [-0.2, -0.15) is 0 Å². The Bertz CT molecular complexity index is 311. The van der Waals surface area contributed by atoms with Crippen molar-refractivity contribution in [1.29, 1.82) is 0 Å². The molecule has 0 heterocycles. The van der Waals surface area contributed by atoms with E-state index in [-0.39, 0.29) is 5.54 Å². The minimum absolute atomic E-state index is 0.0349. The molecule has 0 aliphatic carbocycles. The van der Waals surface area contributed by atoms with E-state index in [4.69, 9.17) is 12.2 Å². The Balaban J connectivity index is 3.08. The highest BCUT2D eigenvalue weighted by Crippen LogP contribution is 2.23. The van der Waals surface area contributed by atoms with Gasteiger partial charge < -0.3 is 4.90 Å². The maximum Gasteiger partial charge on any atom is 0.0797 e. The fourth-order valence-electron chi connectivity index (χ4n) is 1.62. The van der Waals surface area contributed by atoms with Crippen LogP contribution in [0.1, 0.15) is 27.7 Å². The lowest BCUT2D eigenvalue weighted by Crippen LogP contribution is -2.43. The number of thiocarbonyl (C=S) groups is 1. The maximum absolute atomic E-state index is 5.27. The molecule has 0 saturated carbocycles. The summed E-state index contributed by atoms with van der Waals surface area (Å²) >= 11 is 5.27. The molecular weight excluding hydrogens is 190 g/mol. The Morgan fingerprint density at radius 3 is 2.00 bits per heavy atom. The predicted molar refractivity (Wildman–Crippen MR) is 66.9 cm³/mol. The molecule has 2 heteroatoms. The van der Waals surface area contributed by atoms with E-state index in [0.29, 0.717) is 0 Å². The third-order valence-corrected chi connectivity index (χ3v) is 2.18. The van der Waals surface area contributed by atoms with Gasteiger partial charge in [0.15, 0.2) is 0 Å². The molecule has 0 saturated heterocycles. The molecule has 1 aromatic rings. The Hall–Kier alpha value is -0.890. The zero-order valence-corrected chi connectivity index (χ0v) is 10.1. The standard InChI is InChI=1S/C12H17NS/c1-10(14)13(12(2,3)4)11-8-6-5-7-9-11/h5-9H,1-4H3. The van der Waals surface area contributed by atoms with Crippen molar-refractivity contribution >= 4 is 22.9 Å². The normalized spacial score (nSPS) is 11.1. The Morgan fingerprint density at radius 1 is 1.14 bits per heavy atom. The number of hydrogen-bond donors (Lipinski definition) is 0. The summed E-state index contributed by atoms with van der Waals surface area (Å²) in [6.45, 7) is 8.45. The fraction of sp³-hybridized carbons (Fsp3) is 0.417. The number of para-hydroxylation sites is 1. The van der Waals surface area contributed by atoms with Gasteiger partial charge in [-0.1, -0.05) is 30.4 Å². The van der Waals surface area contributed by atoms with E-state index in [2.05, 4.69) is 37.8 Å². The molecule has 1 aromatic carbocycles. The van der Waals surface area contributed by atoms with Crippen molar-refractivity contribution < 1.29 is 0 Å². The first kappa shape index (κ1) is 11.2. The van der Waals surface area contributed by atoms with Crippen LogP contribution in [0.3, 0.4) is 0 Å². The first-order valence-electron chi connectivity index (χ1n) is 4.79. The second-order valence-electron chi connectivity index (χ2n) is 4.36. The van der Waals surface area contributed by atoms with Gasteiger partial charge in [0.25, 0.3) is 0 Å². The molecule has 0 aliphatic rings. The summed E-state index contributed by atoms with van der Waals surface area (Å²) in [6.07, 6.45) is 0. The molecule has 0 N–H and O–H groups in total. The van der Waals surface area contributed by atoms with E-state index < -0.39 is 0 Å². The maximum atomic E-state index is 5.27. The Morgan fingerprint density at radius 2 is 1.64 bits per heavy atom. The summed E-state index contributed by atoms with van der Waals surface area (Å²) in [5.41, 5.74) is 1.19. The van der Waals surface area contributed by atoms with Crippen LogP contribution in [0.4, 0.5) is 5.69 Å². The van der Waals surface area contributed by atoms with Gasteiger partial charge in [-0.05, 0) is 39.8 Å². The largest absolute Gasteiger partial charge is 0.331 e. The van der Waals surface area contributed by atoms with Crippen LogP contribution in [0.2, 0.25) is 0 Å². The van der Waals surface area contributed by atoms with Crippen LogP contribution in [0.15, 0.2) is 30.3 Å². The number of hydrogen-bond acceptors (Lipinski definition) is 1. The predicted octanol–water partition coefficient (Wildman–Crippen LogP) is 3.64. The van der Waals surface area contributed by atoms with Crippen molar-refractivity contribution in [3.05, 3.63) is 30.3 Å². The molecule has 0 bridgehead atoms. The van der Waals surface area contributed by atoms with Crippen LogP contribution in [0.25, 0.3) is 0 Å². The SMILES string of the molecule is CC(=S)N(c1ccccc1)C(C)(C)C. The third-order valence-electron chi connectivity index (χ3n) is 2.00. The highest BCUT2D eigenvalue weighted by atomic mass is 32.1. The first-order chi connectivity index (χ1) is 6.43. The lowest BCUT2D eigenvalue weighted by Gasteiger charge is -2.36. The lowest BCUT2D eigenvalue weighted by molar-refractivity contribution is 0.573. The fourth-order valence-corrected chi connectivity index (χ4v) is 2.00. The van der Waals surface area contributed by atoms with Crippen LogP contribution in [0, 0.1) is 0 Å². The van der Waals surface area contributed by atoms with Crippen molar-refractivity contribution in [1.82, 2.24) is 0 Å². The van der Waals surface area contributed by atoms with Crippen molar-refractivity contribution in [2.75, 3.05) is 4.90 Å². The van der Waals surface area contributed by atoms with Gasteiger partial charge in [-0.3, -0.25) is 0 Å². The van der Waals surface area contributed by atoms with Crippen molar-refractivity contribution in [2.24, 2.45) is 0 Å². The first-order valence-corrected chi connectivity index (χ1v) is 5.19. The van der Waals surface area contributed by atoms with Gasteiger partial charge in [0, 0.05) is 11.2 Å². The Kier molecular flexibility index (Phi) is 3.27. The molecule has 0 atom stereocenters. The average Bonchev–Trinajstić information content (AvgIpc) is 2.02. The second-order valence-corrected chi connectivity index (χ2v) is 4.95. The second kappa shape index (κ2) is 4.09. The Labute approximate surface area is 91.7 Å². The van der Waals surface area contributed by atoms with Gasteiger partial charge in [0.05, 0.1) is 4.99 Å². The average molecular weight is 207 g/mol. The van der Waals surface area contributed by atoms with Gasteiger partial charge in [-0.25, -0.2) is 0 Å². The summed E-state index contributed by atoms with van der Waals surface area (Å²) in [7, 11) is 0. The molecule has 0 fully saturated rings. The monoisotopic (exact) mass is 207 g/mol. The van der Waals surface area contributed by atoms with Gasteiger partial charge in [0.1, 0.15) is 0 Å². The molecule has 76 valence electrons. The quantitative estimate of drug-likeness (QED) is 0.647. The molecule has 0 spiro atoms. The molecular formula is C12H17NS. The minimum Gasteiger partial charge on any atom is -0.331 e. The summed E-state index contributed by atoms with van der Waals surface area (Å²) in [5.74, 6) is 0. The van der Waals surface area contributed by atoms with Crippen molar-refractivity contribution in [3.63, 3.8) is 0 Å². The molecule has 14 heavy (non-hydrogen) atoms. The molecule has 0 radical (unpaired) electrons. The molecule has 0 amide bonds. The number of anilines is 1. The van der Waals surface area contributed by atoms with Gasteiger partial charge in [-0.15, -0.1) is 0 Å². The van der Waals surface area contributed by atoms with Gasteiger partial charge in [0.2, 0.25) is 0 Å². The van der Waals surface area contributed by atoms with E-state index >= 15 is 0 Å². The van der Waals surface area contributed by atoms with Gasteiger partial charge >= 0.3 is 0 Å². The van der Waals surface area contributed by atoms with Crippen LogP contribution in [-0.2, 0) is 0 Å². The van der Waals surface area contributed by atoms with E-state index in [1.807, 2.05) is 25.1 Å². The minimum atomic E-state index is 0.0349. The van der Waals surface area contributed by atoms with E-state index in [1.54, 1.807) is 0 Å². The highest BCUT2D eigenvalue weighted by molar-refractivity contribution is 7.80. The molecule has 1 rings (SSSR count). The third kappa shape index (κ3) is 2.55. The van der Waals surface area contributed by atoms with Crippen LogP contribution in [-0.4, -0.2) is 10.5 Å². The zero-order valence-electron chi connectivity index (χ0n) is 9.24. The summed E-state index contributed by atoms with van der Waals surface area (Å²) < 4.78 is 0. The van der Waals surface area contributed by atoms with Crippen molar-refractivity contribution in [3.8, 4) is 0 Å². The van der Waals surface area contributed by atoms with E-state index in [9.17, 15) is 0 Å².